The molecule has 0 spiro atoms. The average Bonchev–Trinajstić information content (AvgIpc) is 3.03. The highest BCUT2D eigenvalue weighted by atomic mass is 79.9. The molecule has 136 valence electrons. The van der Waals surface area contributed by atoms with Crippen LogP contribution in [0.5, 0.6) is 5.75 Å². The van der Waals surface area contributed by atoms with E-state index in [0.29, 0.717) is 12.3 Å². The summed E-state index contributed by atoms with van der Waals surface area (Å²) in [6.07, 6.45) is 1.85. The smallest absolute Gasteiger partial charge is 0.307 e. The van der Waals surface area contributed by atoms with Crippen LogP contribution in [0.25, 0.3) is 0 Å². The van der Waals surface area contributed by atoms with Crippen molar-refractivity contribution in [2.24, 2.45) is 0 Å². The molecule has 2 rings (SSSR count). The number of carbonyl (C=O) groups is 2. The van der Waals surface area contributed by atoms with E-state index in [0.717, 1.165) is 4.47 Å². The highest BCUT2D eigenvalue weighted by molar-refractivity contribution is 9.10. The molecule has 0 aliphatic heterocycles. The predicted octanol–water partition coefficient (Wildman–Crippen LogP) is 3.29. The lowest BCUT2D eigenvalue weighted by atomic mass is 10.3. The van der Waals surface area contributed by atoms with Crippen molar-refractivity contribution < 1.29 is 23.5 Å². The Kier molecular flexibility index (Phi) is 9.31. The van der Waals surface area contributed by atoms with Crippen molar-refractivity contribution >= 4 is 27.8 Å². The van der Waals surface area contributed by atoms with Gasteiger partial charge in [0.2, 0.25) is 0 Å². The second-order valence-electron chi connectivity index (χ2n) is 4.68. The van der Waals surface area contributed by atoms with Gasteiger partial charge in [0.25, 0.3) is 5.91 Å². The molecule has 0 saturated heterocycles. The highest BCUT2D eigenvalue weighted by Crippen LogP contribution is 2.13. The van der Waals surface area contributed by atoms with Gasteiger partial charge in [0.05, 0.1) is 20.1 Å². The summed E-state index contributed by atoms with van der Waals surface area (Å²) < 4.78 is 22.7. The van der Waals surface area contributed by atoms with Gasteiger partial charge in [-0.1, -0.05) is 12.1 Å². The number of rotatable bonds is 6. The molecule has 8 heteroatoms. The molecule has 25 heavy (non-hydrogen) atoms. The van der Waals surface area contributed by atoms with E-state index in [-0.39, 0.29) is 36.4 Å². The Labute approximate surface area is 153 Å². The Hall–Kier alpha value is -2.35. The summed E-state index contributed by atoms with van der Waals surface area (Å²) in [7, 11) is 1.44. The SMILES string of the molecule is CCOC(=O)CCNC(=O)c1cc(Br)c[nH]1.COc1ccccc1F. The van der Waals surface area contributed by atoms with Gasteiger partial charge in [0.15, 0.2) is 11.6 Å². The predicted molar refractivity (Wildman–Crippen MR) is 95.0 cm³/mol. The van der Waals surface area contributed by atoms with Crippen LogP contribution in [0, 0.1) is 5.82 Å². The number of nitrogens with one attached hydrogen (secondary N) is 2. The van der Waals surface area contributed by atoms with Gasteiger partial charge in [-0.2, -0.15) is 0 Å². The van der Waals surface area contributed by atoms with Crippen LogP contribution in [0.1, 0.15) is 23.8 Å². The van der Waals surface area contributed by atoms with Crippen LogP contribution >= 0.6 is 15.9 Å². The summed E-state index contributed by atoms with van der Waals surface area (Å²) in [5.74, 6) is -0.581. The number of hydrogen-bond donors (Lipinski definition) is 2. The minimum Gasteiger partial charge on any atom is -0.494 e. The first-order chi connectivity index (χ1) is 12.0. The second kappa shape index (κ2) is 11.2. The Morgan fingerprint density at radius 2 is 2.04 bits per heavy atom. The zero-order valence-corrected chi connectivity index (χ0v) is 15.6. The summed E-state index contributed by atoms with van der Waals surface area (Å²) in [6, 6.07) is 7.95. The molecular formula is C17H20BrFN2O4. The number of ether oxygens (including phenoxy) is 2. The molecule has 1 aromatic heterocycles. The van der Waals surface area contributed by atoms with Gasteiger partial charge < -0.3 is 19.8 Å². The van der Waals surface area contributed by atoms with Crippen LogP contribution in [0.15, 0.2) is 41.0 Å². The molecule has 0 radical (unpaired) electrons. The van der Waals surface area contributed by atoms with Crippen LogP contribution in [-0.4, -0.2) is 37.1 Å². The number of methoxy groups -OCH3 is 1. The van der Waals surface area contributed by atoms with Crippen LogP contribution < -0.4 is 10.1 Å². The topological polar surface area (TPSA) is 80.4 Å². The fourth-order valence-corrected chi connectivity index (χ4v) is 2.06. The van der Waals surface area contributed by atoms with Crippen molar-refractivity contribution in [1.29, 1.82) is 0 Å². The fourth-order valence-electron chi connectivity index (χ4n) is 1.72. The van der Waals surface area contributed by atoms with E-state index in [4.69, 9.17) is 4.74 Å². The molecule has 1 amide bonds. The highest BCUT2D eigenvalue weighted by Gasteiger charge is 2.08. The van der Waals surface area contributed by atoms with E-state index in [2.05, 4.69) is 31.0 Å². The van der Waals surface area contributed by atoms with Crippen molar-refractivity contribution in [3.63, 3.8) is 0 Å². The van der Waals surface area contributed by atoms with Crippen molar-refractivity contribution in [1.82, 2.24) is 10.3 Å². The molecule has 2 N–H and O–H groups in total. The molecular weight excluding hydrogens is 395 g/mol. The number of halogens is 2. The Balaban J connectivity index is 0.000000293. The maximum Gasteiger partial charge on any atom is 0.307 e. The quantitative estimate of drug-likeness (QED) is 0.710. The average molecular weight is 415 g/mol. The zero-order chi connectivity index (χ0) is 18.7. The lowest BCUT2D eigenvalue weighted by Crippen LogP contribution is -2.26. The zero-order valence-electron chi connectivity index (χ0n) is 14.0. The lowest BCUT2D eigenvalue weighted by molar-refractivity contribution is -0.142. The van der Waals surface area contributed by atoms with Crippen LogP contribution in [-0.2, 0) is 9.53 Å². The van der Waals surface area contributed by atoms with Crippen LogP contribution in [0.2, 0.25) is 0 Å². The standard InChI is InChI=1S/C10H13BrN2O3.C7H7FO/c1-2-16-9(14)3-4-12-10(15)8-5-7(11)6-13-8;1-9-7-5-3-2-4-6(7)8/h5-6,13H,2-4H2,1H3,(H,12,15);2-5H,1H3. The van der Waals surface area contributed by atoms with Crippen molar-refractivity contribution in [3.8, 4) is 5.75 Å². The molecule has 2 aromatic rings. The molecule has 0 saturated carbocycles. The second-order valence-corrected chi connectivity index (χ2v) is 5.59. The molecule has 6 nitrogen and oxygen atoms in total. The van der Waals surface area contributed by atoms with Gasteiger partial charge in [-0.25, -0.2) is 4.39 Å². The number of carbonyl (C=O) groups excluding carboxylic acids is 2. The van der Waals surface area contributed by atoms with E-state index in [1.807, 2.05) is 0 Å². The summed E-state index contributed by atoms with van der Waals surface area (Å²) in [5.41, 5.74) is 0.454. The van der Waals surface area contributed by atoms with Gasteiger partial charge in [-0.05, 0) is 41.1 Å². The van der Waals surface area contributed by atoms with Crippen LogP contribution in [0.3, 0.4) is 0 Å². The number of aromatic amines is 1. The maximum atomic E-state index is 12.5. The molecule has 0 aliphatic rings. The Bertz CT molecular complexity index is 691. The molecule has 1 aromatic carbocycles. The molecule has 0 unspecified atom stereocenters. The van der Waals surface area contributed by atoms with E-state index in [9.17, 15) is 14.0 Å². The van der Waals surface area contributed by atoms with Crippen molar-refractivity contribution in [3.05, 3.63) is 52.5 Å². The first-order valence-electron chi connectivity index (χ1n) is 7.54. The van der Waals surface area contributed by atoms with E-state index in [1.165, 1.54) is 13.2 Å². The van der Waals surface area contributed by atoms with Gasteiger partial charge in [-0.15, -0.1) is 0 Å². The number of hydrogen-bond acceptors (Lipinski definition) is 4. The minimum atomic E-state index is -0.319. The normalized spacial score (nSPS) is 9.60. The third-order valence-electron chi connectivity index (χ3n) is 2.87. The minimum absolute atomic E-state index is 0.182. The van der Waals surface area contributed by atoms with Gasteiger partial charge in [0, 0.05) is 17.2 Å². The lowest BCUT2D eigenvalue weighted by Gasteiger charge is -2.03. The molecule has 0 aliphatic carbocycles. The molecule has 1 heterocycles. The third kappa shape index (κ3) is 7.84. The largest absolute Gasteiger partial charge is 0.494 e. The summed E-state index contributed by atoms with van der Waals surface area (Å²) in [4.78, 5) is 25.3. The van der Waals surface area contributed by atoms with Gasteiger partial charge in [-0.3, -0.25) is 9.59 Å². The number of esters is 1. The molecule has 0 fully saturated rings. The Morgan fingerprint density at radius 3 is 2.56 bits per heavy atom. The van der Waals surface area contributed by atoms with Crippen LogP contribution in [0.4, 0.5) is 4.39 Å². The first-order valence-corrected chi connectivity index (χ1v) is 8.33. The van der Waals surface area contributed by atoms with Gasteiger partial charge >= 0.3 is 5.97 Å². The summed E-state index contributed by atoms with van der Waals surface area (Å²) >= 11 is 3.23. The summed E-state index contributed by atoms with van der Waals surface area (Å²) in [6.45, 7) is 2.37. The number of para-hydroxylation sites is 1. The van der Waals surface area contributed by atoms with E-state index < -0.39 is 0 Å². The molecule has 0 bridgehead atoms. The van der Waals surface area contributed by atoms with Gasteiger partial charge in [0.1, 0.15) is 5.69 Å². The third-order valence-corrected chi connectivity index (χ3v) is 3.33. The Morgan fingerprint density at radius 1 is 1.32 bits per heavy atom. The van der Waals surface area contributed by atoms with Crippen molar-refractivity contribution in [2.45, 2.75) is 13.3 Å². The monoisotopic (exact) mass is 414 g/mol. The molecule has 0 atom stereocenters. The maximum absolute atomic E-state index is 12.5. The van der Waals surface area contributed by atoms with E-state index in [1.54, 1.807) is 37.4 Å². The number of amides is 1. The number of aromatic nitrogens is 1. The number of H-pyrrole nitrogens is 1. The first kappa shape index (κ1) is 20.7. The van der Waals surface area contributed by atoms with E-state index >= 15 is 0 Å². The number of benzene rings is 1. The van der Waals surface area contributed by atoms with Crippen molar-refractivity contribution in [2.75, 3.05) is 20.3 Å². The summed E-state index contributed by atoms with van der Waals surface area (Å²) in [5, 5.41) is 2.61. The fraction of sp³-hybridized carbons (Fsp3) is 0.294.